The molecule has 1 unspecified atom stereocenters. The lowest BCUT2D eigenvalue weighted by atomic mass is 10.4. The maximum absolute atomic E-state index is 9.04. The number of aryl methyl sites for hydroxylation is 1. The first-order valence-corrected chi connectivity index (χ1v) is 5.09. The molecule has 0 fully saturated rings. The number of nitrogens with zero attached hydrogens (tertiary/aromatic N) is 3. The van der Waals surface area contributed by atoms with Crippen LogP contribution < -0.4 is 0 Å². The fraction of sp³-hybridized carbons (Fsp3) is 0.714. The summed E-state index contributed by atoms with van der Waals surface area (Å²) in [5.41, 5.74) is 0. The van der Waals surface area contributed by atoms with E-state index in [2.05, 4.69) is 10.2 Å². The molecule has 0 saturated heterocycles. The van der Waals surface area contributed by atoms with Crippen LogP contribution in [0.2, 0.25) is 0 Å². The van der Waals surface area contributed by atoms with Crippen LogP contribution in [0.15, 0.2) is 6.33 Å². The predicted octanol–water partition coefficient (Wildman–Crippen LogP) is -0.599. The van der Waals surface area contributed by atoms with E-state index in [1.165, 1.54) is 11.8 Å². The molecule has 0 bridgehead atoms. The molecule has 1 heterocycles. The normalized spacial score (nSPS) is 13.2. The molecule has 1 aromatic rings. The van der Waals surface area contributed by atoms with Crippen molar-refractivity contribution in [3.8, 4) is 0 Å². The van der Waals surface area contributed by atoms with Gasteiger partial charge in [0.05, 0.1) is 18.5 Å². The fourth-order valence-electron chi connectivity index (χ4n) is 0.777. The molecule has 0 amide bonds. The molecule has 0 radical (unpaired) electrons. The molecule has 5 nitrogen and oxygen atoms in total. The quantitative estimate of drug-likeness (QED) is 0.668. The Morgan fingerprint density at radius 3 is 3.00 bits per heavy atom. The van der Waals surface area contributed by atoms with E-state index in [1.54, 1.807) is 6.33 Å². The highest BCUT2D eigenvalue weighted by Crippen LogP contribution is 2.09. The van der Waals surface area contributed by atoms with Gasteiger partial charge in [-0.05, 0) is 0 Å². The number of hydrogen-bond acceptors (Lipinski definition) is 5. The van der Waals surface area contributed by atoms with Crippen molar-refractivity contribution in [2.24, 2.45) is 7.05 Å². The minimum atomic E-state index is -0.641. The molecule has 1 aromatic heterocycles. The van der Waals surface area contributed by atoms with Crippen molar-refractivity contribution in [2.75, 3.05) is 12.4 Å². The smallest absolute Gasteiger partial charge is 0.142 e. The third kappa shape index (κ3) is 3.33. The highest BCUT2D eigenvalue weighted by Gasteiger charge is 2.04. The van der Waals surface area contributed by atoms with Crippen LogP contribution in [0.5, 0.6) is 0 Å². The van der Waals surface area contributed by atoms with Gasteiger partial charge in [-0.3, -0.25) is 0 Å². The number of thioether (sulfide) groups is 1. The van der Waals surface area contributed by atoms with E-state index in [0.717, 1.165) is 5.82 Å². The summed E-state index contributed by atoms with van der Waals surface area (Å²) in [7, 11) is 1.87. The van der Waals surface area contributed by atoms with Gasteiger partial charge in [-0.25, -0.2) is 0 Å². The van der Waals surface area contributed by atoms with Crippen molar-refractivity contribution in [1.29, 1.82) is 0 Å². The van der Waals surface area contributed by atoms with E-state index in [0.29, 0.717) is 11.5 Å². The van der Waals surface area contributed by atoms with Crippen LogP contribution in [-0.4, -0.2) is 43.4 Å². The molecule has 0 spiro atoms. The molecule has 6 heteroatoms. The first kappa shape index (κ1) is 10.5. The van der Waals surface area contributed by atoms with E-state index in [-0.39, 0.29) is 6.61 Å². The Morgan fingerprint density at radius 1 is 1.69 bits per heavy atom. The largest absolute Gasteiger partial charge is 0.394 e. The standard InChI is InChI=1S/C7H13N3O2S/c1-10-5-8-9-7(10)4-13-3-6(12)2-11/h5-6,11-12H,2-4H2,1H3. The molecule has 0 aliphatic heterocycles. The van der Waals surface area contributed by atoms with Crippen molar-refractivity contribution >= 4 is 11.8 Å². The first-order valence-electron chi connectivity index (χ1n) is 3.93. The summed E-state index contributed by atoms with van der Waals surface area (Å²) in [6.07, 6.45) is 0.997. The van der Waals surface area contributed by atoms with Gasteiger partial charge in [-0.2, -0.15) is 11.8 Å². The third-order valence-corrected chi connectivity index (χ3v) is 2.64. The lowest BCUT2D eigenvalue weighted by Gasteiger charge is -2.05. The number of aliphatic hydroxyl groups excluding tert-OH is 2. The number of aliphatic hydroxyl groups is 2. The highest BCUT2D eigenvalue weighted by atomic mass is 32.2. The molecule has 0 aliphatic carbocycles. The number of hydrogen-bond donors (Lipinski definition) is 2. The summed E-state index contributed by atoms with van der Waals surface area (Å²) in [6.45, 7) is -0.189. The predicted molar refractivity (Wildman–Crippen MR) is 50.3 cm³/mol. The van der Waals surface area contributed by atoms with Crippen molar-refractivity contribution in [3.63, 3.8) is 0 Å². The minimum absolute atomic E-state index is 0.189. The van der Waals surface area contributed by atoms with E-state index in [9.17, 15) is 0 Å². The van der Waals surface area contributed by atoms with Gasteiger partial charge >= 0.3 is 0 Å². The van der Waals surface area contributed by atoms with Crippen molar-refractivity contribution in [3.05, 3.63) is 12.2 Å². The molecule has 1 rings (SSSR count). The summed E-state index contributed by atoms with van der Waals surface area (Å²) in [4.78, 5) is 0. The second-order valence-electron chi connectivity index (χ2n) is 2.71. The first-order chi connectivity index (χ1) is 6.24. The van der Waals surface area contributed by atoms with Crippen molar-refractivity contribution in [2.45, 2.75) is 11.9 Å². The molecule has 0 aromatic carbocycles. The number of aromatic nitrogens is 3. The van der Waals surface area contributed by atoms with Crippen LogP contribution in [0.3, 0.4) is 0 Å². The average molecular weight is 203 g/mol. The zero-order chi connectivity index (χ0) is 9.68. The molecular formula is C7H13N3O2S. The fourth-order valence-corrected chi connectivity index (χ4v) is 1.72. The topological polar surface area (TPSA) is 71.2 Å². The van der Waals surface area contributed by atoms with Gasteiger partial charge < -0.3 is 14.8 Å². The second-order valence-corrected chi connectivity index (χ2v) is 3.74. The zero-order valence-corrected chi connectivity index (χ0v) is 8.24. The van der Waals surface area contributed by atoms with Crippen LogP contribution in [0.4, 0.5) is 0 Å². The van der Waals surface area contributed by atoms with E-state index in [1.807, 2.05) is 11.6 Å². The summed E-state index contributed by atoms with van der Waals surface area (Å²) in [6, 6.07) is 0. The van der Waals surface area contributed by atoms with Gasteiger partial charge in [0.2, 0.25) is 0 Å². The van der Waals surface area contributed by atoms with Crippen LogP contribution in [0, 0.1) is 0 Å². The minimum Gasteiger partial charge on any atom is -0.394 e. The zero-order valence-electron chi connectivity index (χ0n) is 7.42. The summed E-state index contributed by atoms with van der Waals surface area (Å²) < 4.78 is 1.83. The third-order valence-electron chi connectivity index (χ3n) is 1.56. The van der Waals surface area contributed by atoms with Gasteiger partial charge in [0.15, 0.2) is 0 Å². The van der Waals surface area contributed by atoms with Gasteiger partial charge in [-0.1, -0.05) is 0 Å². The Morgan fingerprint density at radius 2 is 2.46 bits per heavy atom. The van der Waals surface area contributed by atoms with Gasteiger partial charge in [-0.15, -0.1) is 10.2 Å². The molecule has 74 valence electrons. The average Bonchev–Trinajstić information content (AvgIpc) is 2.52. The molecule has 2 N–H and O–H groups in total. The van der Waals surface area contributed by atoms with E-state index < -0.39 is 6.10 Å². The maximum atomic E-state index is 9.04. The van der Waals surface area contributed by atoms with Crippen molar-refractivity contribution in [1.82, 2.24) is 14.8 Å². The van der Waals surface area contributed by atoms with Crippen LogP contribution in [-0.2, 0) is 12.8 Å². The Hall–Kier alpha value is -0.590. The number of rotatable bonds is 5. The van der Waals surface area contributed by atoms with Gasteiger partial charge in [0.25, 0.3) is 0 Å². The van der Waals surface area contributed by atoms with Crippen molar-refractivity contribution < 1.29 is 10.2 Å². The Labute approximate surface area is 80.8 Å². The summed E-state index contributed by atoms with van der Waals surface area (Å²) >= 11 is 1.52. The summed E-state index contributed by atoms with van der Waals surface area (Å²) in [5.74, 6) is 2.09. The van der Waals surface area contributed by atoms with Crippen LogP contribution in [0.1, 0.15) is 5.82 Å². The Bertz CT molecular complexity index is 254. The maximum Gasteiger partial charge on any atom is 0.142 e. The van der Waals surface area contributed by atoms with Crippen LogP contribution in [0.25, 0.3) is 0 Å². The SMILES string of the molecule is Cn1cnnc1CSCC(O)CO. The molecule has 0 saturated carbocycles. The van der Waals surface area contributed by atoms with E-state index in [4.69, 9.17) is 10.2 Å². The Balaban J connectivity index is 2.24. The molecule has 13 heavy (non-hydrogen) atoms. The lowest BCUT2D eigenvalue weighted by Crippen LogP contribution is -2.15. The second kappa shape index (κ2) is 5.21. The lowest BCUT2D eigenvalue weighted by molar-refractivity contribution is 0.113. The summed E-state index contributed by atoms with van der Waals surface area (Å²) in [5, 5.41) is 25.2. The molecule has 0 aliphatic rings. The monoisotopic (exact) mass is 203 g/mol. The van der Waals surface area contributed by atoms with Crippen LogP contribution >= 0.6 is 11.8 Å². The van der Waals surface area contributed by atoms with Gasteiger partial charge in [0.1, 0.15) is 12.2 Å². The highest BCUT2D eigenvalue weighted by molar-refractivity contribution is 7.98. The Kier molecular flexibility index (Phi) is 4.20. The molecule has 1 atom stereocenters. The van der Waals surface area contributed by atoms with E-state index >= 15 is 0 Å². The van der Waals surface area contributed by atoms with Gasteiger partial charge in [0, 0.05) is 12.8 Å². The molecular weight excluding hydrogens is 190 g/mol.